The minimum Gasteiger partial charge on any atom is -0.488 e. The average molecular weight is 454 g/mol. The summed E-state index contributed by atoms with van der Waals surface area (Å²) in [4.78, 5) is 0. The molecule has 0 aromatic heterocycles. The Labute approximate surface area is 183 Å². The lowest BCUT2D eigenvalue weighted by molar-refractivity contribution is 0.306. The van der Waals surface area contributed by atoms with Crippen molar-refractivity contribution in [1.29, 1.82) is 0 Å². The lowest BCUT2D eigenvalue weighted by atomic mass is 10.2. The number of para-hydroxylation sites is 1. The summed E-state index contributed by atoms with van der Waals surface area (Å²) in [6.07, 6.45) is 1.69. The van der Waals surface area contributed by atoms with Crippen LogP contribution in [0.4, 0.5) is 0 Å². The third kappa shape index (κ3) is 5.55. The molecule has 0 bridgehead atoms. The van der Waals surface area contributed by atoms with Crippen molar-refractivity contribution in [3.8, 4) is 5.75 Å². The van der Waals surface area contributed by atoms with Crippen LogP contribution < -0.4 is 10.2 Å². The summed E-state index contributed by atoms with van der Waals surface area (Å²) in [6.45, 7) is 0.783. The molecule has 0 aliphatic carbocycles. The van der Waals surface area contributed by atoms with E-state index in [2.05, 4.69) is 10.5 Å². The fourth-order valence-corrected chi connectivity index (χ4v) is 3.30. The van der Waals surface area contributed by atoms with Crippen molar-refractivity contribution in [3.05, 3.63) is 97.4 Å². The highest BCUT2D eigenvalue weighted by atomic mass is 35.5. The van der Waals surface area contributed by atoms with Crippen molar-refractivity contribution in [2.75, 3.05) is 0 Å². The Bertz CT molecular complexity index is 972. The lowest BCUT2D eigenvalue weighted by Crippen LogP contribution is -2.07. The van der Waals surface area contributed by atoms with E-state index in [0.717, 1.165) is 16.7 Å². The molecular weight excluding hydrogens is 438 g/mol. The number of nitrogens with zero attached hydrogens (tertiary/aromatic N) is 1. The molecule has 0 saturated carbocycles. The van der Waals surface area contributed by atoms with Crippen LogP contribution in [0.1, 0.15) is 16.7 Å². The van der Waals surface area contributed by atoms with Gasteiger partial charge in [0.1, 0.15) is 12.4 Å². The van der Waals surface area contributed by atoms with Crippen LogP contribution in [0.3, 0.4) is 0 Å². The molecule has 3 nitrogen and oxygen atoms in total. The Morgan fingerprint density at radius 3 is 2.32 bits per heavy atom. The first-order valence-electron chi connectivity index (χ1n) is 8.39. The molecule has 0 spiro atoms. The first kappa shape index (κ1) is 20.8. The lowest BCUT2D eigenvalue weighted by Gasteiger charge is -2.10. The zero-order valence-corrected chi connectivity index (χ0v) is 17.7. The van der Waals surface area contributed by atoms with Crippen molar-refractivity contribution >= 4 is 52.6 Å². The fraction of sp³-hybridized carbons (Fsp3) is 0.0952. The Kier molecular flexibility index (Phi) is 7.46. The first-order valence-corrected chi connectivity index (χ1v) is 9.90. The third-order valence-corrected chi connectivity index (χ3v) is 5.36. The van der Waals surface area contributed by atoms with Gasteiger partial charge in [-0.3, -0.25) is 0 Å². The number of hydrazone groups is 1. The molecular formula is C21H16Cl4N2O. The van der Waals surface area contributed by atoms with E-state index in [-0.39, 0.29) is 0 Å². The number of benzene rings is 3. The minimum absolute atomic E-state index is 0.365. The zero-order valence-electron chi connectivity index (χ0n) is 14.6. The number of hydrogen-bond acceptors (Lipinski definition) is 3. The molecule has 0 saturated heterocycles. The summed E-state index contributed by atoms with van der Waals surface area (Å²) >= 11 is 24.3. The van der Waals surface area contributed by atoms with Gasteiger partial charge in [0.2, 0.25) is 0 Å². The average Bonchev–Trinajstić information content (AvgIpc) is 2.68. The third-order valence-electron chi connectivity index (χ3n) is 3.91. The molecule has 3 rings (SSSR count). The van der Waals surface area contributed by atoms with Crippen LogP contribution in [0, 0.1) is 0 Å². The molecule has 7 heteroatoms. The van der Waals surface area contributed by atoms with Gasteiger partial charge in [0, 0.05) is 21.2 Å². The number of rotatable bonds is 7. The van der Waals surface area contributed by atoms with Crippen LogP contribution in [0.15, 0.2) is 65.8 Å². The van der Waals surface area contributed by atoms with Crippen LogP contribution in [0.25, 0.3) is 0 Å². The maximum Gasteiger partial charge on any atom is 0.128 e. The van der Waals surface area contributed by atoms with Crippen LogP contribution in [-0.2, 0) is 13.2 Å². The summed E-state index contributed by atoms with van der Waals surface area (Å²) in [7, 11) is 0. The standard InChI is InChI=1S/C21H16Cl4N2O/c22-17-5-3-6-18(23)16(17)12-27-26-11-15-4-1-2-7-21(15)28-13-14-8-9-19(24)20(25)10-14/h1-11,27H,12-13H2/b26-11+. The molecule has 3 aromatic rings. The topological polar surface area (TPSA) is 33.6 Å². The zero-order chi connectivity index (χ0) is 19.9. The van der Waals surface area contributed by atoms with Crippen molar-refractivity contribution in [3.63, 3.8) is 0 Å². The van der Waals surface area contributed by atoms with Gasteiger partial charge < -0.3 is 10.2 Å². The molecule has 0 radical (unpaired) electrons. The van der Waals surface area contributed by atoms with E-state index in [1.165, 1.54) is 0 Å². The van der Waals surface area contributed by atoms with Gasteiger partial charge >= 0.3 is 0 Å². The van der Waals surface area contributed by atoms with Gasteiger partial charge in [-0.1, -0.05) is 70.7 Å². The summed E-state index contributed by atoms with van der Waals surface area (Å²) in [5, 5.41) is 6.46. The second kappa shape index (κ2) is 10.0. The maximum atomic E-state index is 6.16. The van der Waals surface area contributed by atoms with Crippen molar-refractivity contribution in [2.45, 2.75) is 13.2 Å². The van der Waals surface area contributed by atoms with Gasteiger partial charge in [-0.05, 0) is 42.0 Å². The Hall–Kier alpha value is -1.91. The van der Waals surface area contributed by atoms with Gasteiger partial charge in [0.25, 0.3) is 0 Å². The van der Waals surface area contributed by atoms with Crippen molar-refractivity contribution < 1.29 is 4.74 Å². The molecule has 0 amide bonds. The Morgan fingerprint density at radius 2 is 1.57 bits per heavy atom. The number of nitrogens with one attached hydrogen (secondary N) is 1. The van der Waals surface area contributed by atoms with Crippen molar-refractivity contribution in [2.24, 2.45) is 5.10 Å². The van der Waals surface area contributed by atoms with Gasteiger partial charge in [0.15, 0.2) is 0 Å². The van der Waals surface area contributed by atoms with Gasteiger partial charge in [0.05, 0.1) is 22.8 Å². The summed E-state index contributed by atoms with van der Waals surface area (Å²) in [5.74, 6) is 0.704. The molecule has 1 N–H and O–H groups in total. The van der Waals surface area contributed by atoms with Crippen molar-refractivity contribution in [1.82, 2.24) is 5.43 Å². The van der Waals surface area contributed by atoms with E-state index in [9.17, 15) is 0 Å². The van der Waals surface area contributed by atoms with Crippen LogP contribution in [-0.4, -0.2) is 6.21 Å². The summed E-state index contributed by atoms with van der Waals surface area (Å²) in [5.41, 5.74) is 5.52. The number of ether oxygens (including phenoxy) is 1. The van der Waals surface area contributed by atoms with E-state index in [1.54, 1.807) is 36.5 Å². The molecule has 0 atom stereocenters. The molecule has 28 heavy (non-hydrogen) atoms. The molecule has 0 heterocycles. The first-order chi connectivity index (χ1) is 13.5. The molecule has 0 aliphatic rings. The second-order valence-electron chi connectivity index (χ2n) is 5.87. The second-order valence-corrected chi connectivity index (χ2v) is 7.50. The molecule has 0 fully saturated rings. The normalized spacial score (nSPS) is 11.0. The quantitative estimate of drug-likeness (QED) is 0.308. The monoisotopic (exact) mass is 452 g/mol. The van der Waals surface area contributed by atoms with Crippen LogP contribution in [0.5, 0.6) is 5.75 Å². The van der Waals surface area contributed by atoms with E-state index in [0.29, 0.717) is 39.0 Å². The molecule has 144 valence electrons. The maximum absolute atomic E-state index is 6.16. The van der Waals surface area contributed by atoms with Crippen LogP contribution >= 0.6 is 46.4 Å². The van der Waals surface area contributed by atoms with Crippen LogP contribution in [0.2, 0.25) is 20.1 Å². The highest BCUT2D eigenvalue weighted by Gasteiger charge is 2.05. The summed E-state index contributed by atoms with van der Waals surface area (Å²) in [6, 6.07) is 18.4. The highest BCUT2D eigenvalue weighted by molar-refractivity contribution is 6.42. The summed E-state index contributed by atoms with van der Waals surface area (Å²) < 4.78 is 5.91. The Morgan fingerprint density at radius 1 is 0.821 bits per heavy atom. The van der Waals surface area contributed by atoms with E-state index < -0.39 is 0 Å². The van der Waals surface area contributed by atoms with E-state index >= 15 is 0 Å². The van der Waals surface area contributed by atoms with Gasteiger partial charge in [-0.25, -0.2) is 0 Å². The van der Waals surface area contributed by atoms with Gasteiger partial charge in [-0.15, -0.1) is 0 Å². The minimum atomic E-state index is 0.365. The molecule has 3 aromatic carbocycles. The van der Waals surface area contributed by atoms with E-state index in [1.807, 2.05) is 30.3 Å². The molecule has 0 aliphatic heterocycles. The number of halogens is 4. The largest absolute Gasteiger partial charge is 0.488 e. The SMILES string of the molecule is Clc1ccc(COc2ccccc2/C=N/NCc2c(Cl)cccc2Cl)cc1Cl. The molecule has 0 unspecified atom stereocenters. The van der Waals surface area contributed by atoms with Gasteiger partial charge in [-0.2, -0.15) is 5.10 Å². The number of hydrogen-bond donors (Lipinski definition) is 1. The predicted octanol–water partition coefficient (Wildman–Crippen LogP) is 7.00. The smallest absolute Gasteiger partial charge is 0.128 e. The highest BCUT2D eigenvalue weighted by Crippen LogP contribution is 2.25. The fourth-order valence-electron chi connectivity index (χ4n) is 2.45. The predicted molar refractivity (Wildman–Crippen MR) is 118 cm³/mol. The Balaban J connectivity index is 1.63. The van der Waals surface area contributed by atoms with E-state index in [4.69, 9.17) is 51.1 Å².